The van der Waals surface area contributed by atoms with E-state index in [0.29, 0.717) is 38.6 Å². The Morgan fingerprint density at radius 1 is 1.03 bits per heavy atom. The second-order valence-electron chi connectivity index (χ2n) is 9.61. The fourth-order valence-corrected chi connectivity index (χ4v) is 4.62. The number of aliphatic hydroxyl groups excluding tert-OH is 1. The molecule has 2 atom stereocenters. The third-order valence-electron chi connectivity index (χ3n) is 6.61. The number of carbonyl (C=O) groups excluding carboxylic acids is 3. The summed E-state index contributed by atoms with van der Waals surface area (Å²) in [5, 5.41) is 14.6. The minimum atomic E-state index is -0.633. The maximum atomic E-state index is 13.2. The molecule has 1 aliphatic rings. The van der Waals surface area contributed by atoms with E-state index in [2.05, 4.69) is 23.8 Å². The van der Waals surface area contributed by atoms with Crippen LogP contribution in [0, 0.1) is 11.8 Å². The highest BCUT2D eigenvalue weighted by Gasteiger charge is 2.39. The second kappa shape index (κ2) is 16.7. The summed E-state index contributed by atoms with van der Waals surface area (Å²) >= 11 is 0. The molecular weight excluding hydrogens is 472 g/mol. The van der Waals surface area contributed by atoms with Gasteiger partial charge in [-0.1, -0.05) is 55.3 Å². The van der Waals surface area contributed by atoms with Gasteiger partial charge in [0.15, 0.2) is 0 Å². The van der Waals surface area contributed by atoms with Crippen molar-refractivity contribution in [2.24, 2.45) is 11.8 Å². The minimum absolute atomic E-state index is 0.0200. The fraction of sp³-hybridized carbons (Fsp3) is 0.552. The van der Waals surface area contributed by atoms with Crippen LogP contribution >= 0.6 is 0 Å². The first-order valence-electron chi connectivity index (χ1n) is 13.1. The average Bonchev–Trinajstić information content (AvgIpc) is 3.35. The Kier molecular flexibility index (Phi) is 13.7. The molecule has 0 radical (unpaired) electrons. The van der Waals surface area contributed by atoms with E-state index in [1.54, 1.807) is 12.2 Å². The lowest BCUT2D eigenvalue weighted by Gasteiger charge is -2.32. The zero-order valence-corrected chi connectivity index (χ0v) is 21.8. The molecule has 37 heavy (non-hydrogen) atoms. The molecule has 2 rings (SSSR count). The number of aliphatic hydroxyl groups is 1. The van der Waals surface area contributed by atoms with E-state index in [1.807, 2.05) is 30.3 Å². The maximum absolute atomic E-state index is 13.2. The van der Waals surface area contributed by atoms with Crippen molar-refractivity contribution in [2.75, 3.05) is 33.0 Å². The molecule has 0 bridgehead atoms. The van der Waals surface area contributed by atoms with E-state index in [0.717, 1.165) is 18.4 Å². The Morgan fingerprint density at radius 3 is 2.35 bits per heavy atom. The monoisotopic (exact) mass is 514 g/mol. The molecule has 3 N–H and O–H groups in total. The van der Waals surface area contributed by atoms with Crippen LogP contribution < -0.4 is 10.6 Å². The molecule has 1 saturated carbocycles. The van der Waals surface area contributed by atoms with Crippen molar-refractivity contribution < 1.29 is 29.0 Å². The second-order valence-corrected chi connectivity index (χ2v) is 9.61. The summed E-state index contributed by atoms with van der Waals surface area (Å²) in [7, 11) is 0. The van der Waals surface area contributed by atoms with E-state index in [4.69, 9.17) is 14.6 Å². The van der Waals surface area contributed by atoms with Gasteiger partial charge in [0, 0.05) is 13.0 Å². The minimum Gasteiger partial charge on any atom is -0.463 e. The zero-order chi connectivity index (χ0) is 26.9. The predicted molar refractivity (Wildman–Crippen MR) is 143 cm³/mol. The van der Waals surface area contributed by atoms with Crippen LogP contribution in [0.5, 0.6) is 0 Å². The van der Waals surface area contributed by atoms with Gasteiger partial charge in [0.2, 0.25) is 11.8 Å². The smallest absolute Gasteiger partial charge is 0.309 e. The van der Waals surface area contributed by atoms with E-state index in [9.17, 15) is 14.4 Å². The van der Waals surface area contributed by atoms with Crippen LogP contribution in [0.15, 0.2) is 55.6 Å². The molecule has 0 saturated heterocycles. The van der Waals surface area contributed by atoms with Gasteiger partial charge in [0.05, 0.1) is 37.2 Å². The van der Waals surface area contributed by atoms with Crippen LogP contribution in [0.4, 0.5) is 0 Å². The van der Waals surface area contributed by atoms with Gasteiger partial charge in [-0.05, 0) is 37.7 Å². The number of benzene rings is 1. The first-order chi connectivity index (χ1) is 17.9. The Hall–Kier alpha value is -2.97. The average molecular weight is 515 g/mol. The summed E-state index contributed by atoms with van der Waals surface area (Å²) in [5.41, 5.74) is 0.424. The summed E-state index contributed by atoms with van der Waals surface area (Å²) in [6, 6.07) is 9.80. The molecule has 1 aliphatic carbocycles. The SMILES string of the molecule is C=CC[C@@H](CC(=O)NCCOCCO)C(=O)NC1(COC(=O)[C@@H](CC=C)Cc2ccccc2)CCCC1. The number of hydrogen-bond donors (Lipinski definition) is 3. The molecule has 1 aromatic rings. The molecule has 8 nitrogen and oxygen atoms in total. The van der Waals surface area contributed by atoms with Gasteiger partial charge in [-0.3, -0.25) is 14.4 Å². The maximum Gasteiger partial charge on any atom is 0.309 e. The number of rotatable bonds is 18. The summed E-state index contributed by atoms with van der Waals surface area (Å²) in [6.45, 7) is 8.35. The van der Waals surface area contributed by atoms with Crippen molar-refractivity contribution in [3.05, 3.63) is 61.2 Å². The van der Waals surface area contributed by atoms with Gasteiger partial charge in [-0.2, -0.15) is 0 Å². The lowest BCUT2D eigenvalue weighted by molar-refractivity contribution is -0.151. The summed E-state index contributed by atoms with van der Waals surface area (Å²) < 4.78 is 10.9. The van der Waals surface area contributed by atoms with Gasteiger partial charge < -0.3 is 25.2 Å². The van der Waals surface area contributed by atoms with E-state index < -0.39 is 11.5 Å². The van der Waals surface area contributed by atoms with Crippen molar-refractivity contribution in [3.63, 3.8) is 0 Å². The predicted octanol–water partition coefficient (Wildman–Crippen LogP) is 3.10. The van der Waals surface area contributed by atoms with Gasteiger partial charge in [0.1, 0.15) is 6.61 Å². The number of carbonyl (C=O) groups is 3. The molecule has 0 spiro atoms. The van der Waals surface area contributed by atoms with E-state index in [-0.39, 0.29) is 56.5 Å². The zero-order valence-electron chi connectivity index (χ0n) is 21.8. The van der Waals surface area contributed by atoms with E-state index >= 15 is 0 Å². The Labute approximate surface area is 220 Å². The van der Waals surface area contributed by atoms with Gasteiger partial charge in [0.25, 0.3) is 0 Å². The normalized spacial score (nSPS) is 15.8. The highest BCUT2D eigenvalue weighted by atomic mass is 16.5. The van der Waals surface area contributed by atoms with Crippen LogP contribution in [-0.2, 0) is 30.3 Å². The molecule has 8 heteroatoms. The van der Waals surface area contributed by atoms with Gasteiger partial charge in [-0.15, -0.1) is 13.2 Å². The Bertz CT molecular complexity index is 866. The first-order valence-corrected chi connectivity index (χ1v) is 13.1. The molecule has 1 aromatic carbocycles. The fourth-order valence-electron chi connectivity index (χ4n) is 4.62. The Balaban J connectivity index is 1.95. The quantitative estimate of drug-likeness (QED) is 0.158. The third-order valence-corrected chi connectivity index (χ3v) is 6.61. The lowest BCUT2D eigenvalue weighted by atomic mass is 9.93. The topological polar surface area (TPSA) is 114 Å². The van der Waals surface area contributed by atoms with Gasteiger partial charge in [-0.25, -0.2) is 0 Å². The Morgan fingerprint density at radius 2 is 1.70 bits per heavy atom. The van der Waals surface area contributed by atoms with Crippen molar-refractivity contribution in [1.82, 2.24) is 10.6 Å². The molecule has 204 valence electrons. The van der Waals surface area contributed by atoms with Crippen LogP contribution in [-0.4, -0.2) is 61.4 Å². The number of amides is 2. The molecular formula is C29H42N2O6. The van der Waals surface area contributed by atoms with Crippen molar-refractivity contribution in [2.45, 2.75) is 56.9 Å². The van der Waals surface area contributed by atoms with Crippen LogP contribution in [0.25, 0.3) is 0 Å². The molecule has 0 aliphatic heterocycles. The van der Waals surface area contributed by atoms with Crippen molar-refractivity contribution >= 4 is 17.8 Å². The molecule has 2 amide bonds. The molecule has 0 aromatic heterocycles. The molecule has 0 heterocycles. The van der Waals surface area contributed by atoms with Crippen LogP contribution in [0.2, 0.25) is 0 Å². The lowest BCUT2D eigenvalue weighted by Crippen LogP contribution is -2.52. The largest absolute Gasteiger partial charge is 0.463 e. The van der Waals surface area contributed by atoms with Crippen molar-refractivity contribution in [3.8, 4) is 0 Å². The highest BCUT2D eigenvalue weighted by molar-refractivity contribution is 5.86. The number of hydrogen-bond acceptors (Lipinski definition) is 6. The van der Waals surface area contributed by atoms with Crippen molar-refractivity contribution in [1.29, 1.82) is 0 Å². The van der Waals surface area contributed by atoms with Crippen LogP contribution in [0.1, 0.15) is 50.5 Å². The first kappa shape index (κ1) is 30.3. The highest BCUT2D eigenvalue weighted by Crippen LogP contribution is 2.31. The summed E-state index contributed by atoms with van der Waals surface area (Å²) in [5.74, 6) is -1.70. The standard InChI is InChI=1S/C29H42N2O6/c1-3-10-24(21-26(33)30-16-18-36-19-17-32)27(34)31-29(14-8-9-15-29)22-37-28(35)25(11-4-2)20-23-12-6-5-7-13-23/h3-7,12-13,24-25,32H,1-2,8-11,14-22H2,(H,30,33)(H,31,34)/t24-,25-/m0/s1. The molecule has 0 unspecified atom stereocenters. The number of nitrogens with one attached hydrogen (secondary N) is 2. The number of allylic oxidation sites excluding steroid dienone is 2. The summed E-state index contributed by atoms with van der Waals surface area (Å²) in [4.78, 5) is 38.6. The summed E-state index contributed by atoms with van der Waals surface area (Å²) in [6.07, 6.45) is 8.09. The van der Waals surface area contributed by atoms with Crippen LogP contribution in [0.3, 0.4) is 0 Å². The van der Waals surface area contributed by atoms with E-state index in [1.165, 1.54) is 0 Å². The third kappa shape index (κ3) is 10.9. The molecule has 1 fully saturated rings. The number of esters is 1. The number of ether oxygens (including phenoxy) is 2. The van der Waals surface area contributed by atoms with Gasteiger partial charge >= 0.3 is 5.97 Å².